The van der Waals surface area contributed by atoms with Crippen LogP contribution in [0, 0.1) is 13.8 Å². The van der Waals surface area contributed by atoms with Crippen molar-refractivity contribution in [3.05, 3.63) is 34.7 Å². The highest BCUT2D eigenvalue weighted by Gasteiger charge is 2.24. The van der Waals surface area contributed by atoms with Gasteiger partial charge in [0.05, 0.1) is 10.9 Å². The highest BCUT2D eigenvalue weighted by Crippen LogP contribution is 2.30. The van der Waals surface area contributed by atoms with E-state index in [0.29, 0.717) is 6.04 Å². The van der Waals surface area contributed by atoms with Crippen LogP contribution in [-0.4, -0.2) is 6.26 Å². The molecule has 4 heteroatoms. The zero-order valence-corrected chi connectivity index (χ0v) is 13.8. The van der Waals surface area contributed by atoms with Crippen molar-refractivity contribution in [1.29, 1.82) is 0 Å². The number of benzene rings is 1. The number of aromatic nitrogens is 1. The average molecular weight is 293 g/mol. The van der Waals surface area contributed by atoms with E-state index in [2.05, 4.69) is 68.1 Å². The number of hydrogen-bond donors (Lipinski definition) is 1. The summed E-state index contributed by atoms with van der Waals surface area (Å²) >= 11 is 3.67. The molecule has 0 bridgehead atoms. The molecule has 0 aliphatic rings. The molecule has 0 fully saturated rings. The molecule has 0 spiro atoms. The lowest BCUT2D eigenvalue weighted by Crippen LogP contribution is -2.38. The van der Waals surface area contributed by atoms with Crippen molar-refractivity contribution in [2.45, 2.75) is 38.1 Å². The van der Waals surface area contributed by atoms with E-state index in [0.717, 1.165) is 5.69 Å². The molecule has 102 valence electrons. The fraction of sp³-hybridized carbons (Fsp3) is 0.400. The van der Waals surface area contributed by atoms with Crippen LogP contribution in [0.2, 0.25) is 0 Å². The molecule has 0 atom stereocenters. The Morgan fingerprint density at radius 3 is 2.32 bits per heavy atom. The SMILES string of the molecule is CSc1sc(C)c(Nc2ccc(C)cc2)[n+]1C(C)C. The summed E-state index contributed by atoms with van der Waals surface area (Å²) in [6.45, 7) is 8.75. The Balaban J connectivity index is 2.38. The van der Waals surface area contributed by atoms with Gasteiger partial charge in [0.1, 0.15) is 5.69 Å². The van der Waals surface area contributed by atoms with Crippen LogP contribution in [0.3, 0.4) is 0 Å². The summed E-state index contributed by atoms with van der Waals surface area (Å²) in [6, 6.07) is 9.00. The van der Waals surface area contributed by atoms with Gasteiger partial charge in [-0.05, 0) is 46.1 Å². The van der Waals surface area contributed by atoms with Crippen LogP contribution in [0.25, 0.3) is 0 Å². The predicted molar refractivity (Wildman–Crippen MR) is 85.9 cm³/mol. The second kappa shape index (κ2) is 5.97. The van der Waals surface area contributed by atoms with Gasteiger partial charge in [-0.2, -0.15) is 0 Å². The minimum atomic E-state index is 0.459. The van der Waals surface area contributed by atoms with E-state index in [4.69, 9.17) is 0 Å². The third-order valence-corrected chi connectivity index (χ3v) is 5.18. The zero-order chi connectivity index (χ0) is 14.0. The zero-order valence-electron chi connectivity index (χ0n) is 12.2. The van der Waals surface area contributed by atoms with E-state index in [-0.39, 0.29) is 0 Å². The Labute approximate surface area is 123 Å². The minimum absolute atomic E-state index is 0.459. The molecule has 1 aromatic carbocycles. The van der Waals surface area contributed by atoms with Crippen molar-refractivity contribution in [3.63, 3.8) is 0 Å². The van der Waals surface area contributed by atoms with Gasteiger partial charge in [0.15, 0.2) is 0 Å². The fourth-order valence-corrected chi connectivity index (χ4v) is 4.14. The Bertz CT molecular complexity index is 556. The minimum Gasteiger partial charge on any atom is -0.240 e. The van der Waals surface area contributed by atoms with Crippen molar-refractivity contribution >= 4 is 34.6 Å². The quantitative estimate of drug-likeness (QED) is 0.649. The van der Waals surface area contributed by atoms with Gasteiger partial charge >= 0.3 is 0 Å². The number of thiazole rings is 1. The summed E-state index contributed by atoms with van der Waals surface area (Å²) in [7, 11) is 0. The molecule has 0 radical (unpaired) electrons. The van der Waals surface area contributed by atoms with Crippen LogP contribution < -0.4 is 9.88 Å². The Hall–Kier alpha value is -1.00. The monoisotopic (exact) mass is 293 g/mol. The molecule has 0 unspecified atom stereocenters. The molecule has 0 aliphatic heterocycles. The van der Waals surface area contributed by atoms with Crippen LogP contribution in [-0.2, 0) is 0 Å². The van der Waals surface area contributed by atoms with Crippen LogP contribution >= 0.6 is 23.1 Å². The maximum absolute atomic E-state index is 3.56. The Kier molecular flexibility index (Phi) is 4.53. The average Bonchev–Trinajstić information content (AvgIpc) is 2.69. The third kappa shape index (κ3) is 3.12. The largest absolute Gasteiger partial charge is 0.294 e. The lowest BCUT2D eigenvalue weighted by Gasteiger charge is -2.08. The first-order valence-corrected chi connectivity index (χ1v) is 8.49. The molecule has 1 heterocycles. The van der Waals surface area contributed by atoms with Gasteiger partial charge in [-0.25, -0.2) is 9.88 Å². The van der Waals surface area contributed by atoms with E-state index < -0.39 is 0 Å². The number of thioether (sulfide) groups is 1. The predicted octanol–water partition coefficient (Wildman–Crippen LogP) is 4.70. The van der Waals surface area contributed by atoms with E-state index in [1.165, 1.54) is 20.6 Å². The first-order chi connectivity index (χ1) is 9.02. The molecule has 1 N–H and O–H groups in total. The van der Waals surface area contributed by atoms with E-state index >= 15 is 0 Å². The Morgan fingerprint density at radius 2 is 1.79 bits per heavy atom. The number of nitrogens with zero attached hydrogens (tertiary/aromatic N) is 1. The topological polar surface area (TPSA) is 15.9 Å². The third-order valence-electron chi connectivity index (χ3n) is 3.02. The summed E-state index contributed by atoms with van der Waals surface area (Å²) in [5, 5.41) is 3.56. The molecule has 2 aromatic rings. The number of aryl methyl sites for hydroxylation is 2. The van der Waals surface area contributed by atoms with Crippen LogP contribution in [0.1, 0.15) is 30.3 Å². The number of nitrogens with one attached hydrogen (secondary N) is 1. The highest BCUT2D eigenvalue weighted by molar-refractivity contribution is 8.00. The second-order valence-corrected chi connectivity index (χ2v) is 7.19. The van der Waals surface area contributed by atoms with Gasteiger partial charge < -0.3 is 0 Å². The van der Waals surface area contributed by atoms with Gasteiger partial charge in [0.2, 0.25) is 4.34 Å². The molecule has 1 aromatic heterocycles. The summed E-state index contributed by atoms with van der Waals surface area (Å²) in [4.78, 5) is 1.33. The summed E-state index contributed by atoms with van der Waals surface area (Å²) in [6.07, 6.45) is 2.14. The van der Waals surface area contributed by atoms with Crippen molar-refractivity contribution < 1.29 is 4.57 Å². The first-order valence-electron chi connectivity index (χ1n) is 6.45. The van der Waals surface area contributed by atoms with Crippen molar-refractivity contribution in [2.24, 2.45) is 0 Å². The molecule has 0 saturated heterocycles. The molecule has 2 rings (SSSR count). The van der Waals surface area contributed by atoms with E-state index in [1.807, 2.05) is 23.1 Å². The first kappa shape index (κ1) is 14.4. The van der Waals surface area contributed by atoms with Crippen LogP contribution in [0.15, 0.2) is 28.6 Å². The van der Waals surface area contributed by atoms with E-state index in [1.54, 1.807) is 0 Å². The Morgan fingerprint density at radius 1 is 1.16 bits per heavy atom. The molecule has 0 aliphatic carbocycles. The van der Waals surface area contributed by atoms with Crippen molar-refractivity contribution in [3.8, 4) is 0 Å². The molecular weight excluding hydrogens is 272 g/mol. The van der Waals surface area contributed by atoms with Crippen LogP contribution in [0.5, 0.6) is 0 Å². The van der Waals surface area contributed by atoms with Crippen molar-refractivity contribution in [1.82, 2.24) is 0 Å². The van der Waals surface area contributed by atoms with E-state index in [9.17, 15) is 0 Å². The summed E-state index contributed by atoms with van der Waals surface area (Å²) < 4.78 is 3.73. The fourth-order valence-electron chi connectivity index (χ4n) is 2.02. The van der Waals surface area contributed by atoms with Crippen LogP contribution in [0.4, 0.5) is 11.5 Å². The van der Waals surface area contributed by atoms with Gasteiger partial charge in [-0.1, -0.05) is 40.8 Å². The summed E-state index contributed by atoms with van der Waals surface area (Å²) in [5.41, 5.74) is 2.43. The van der Waals surface area contributed by atoms with Crippen molar-refractivity contribution in [2.75, 3.05) is 11.6 Å². The molecule has 19 heavy (non-hydrogen) atoms. The standard InChI is InChI=1S/C15H21N2S2/c1-10(2)17-14(12(4)19-15(17)18-5)16-13-8-6-11(3)7-9-13/h6-10,16H,1-5H3/q+1. The maximum atomic E-state index is 3.56. The lowest BCUT2D eigenvalue weighted by atomic mass is 10.2. The highest BCUT2D eigenvalue weighted by atomic mass is 32.2. The smallest absolute Gasteiger partial charge is 0.240 e. The molecule has 2 nitrogen and oxygen atoms in total. The molecule has 0 saturated carbocycles. The van der Waals surface area contributed by atoms with Gasteiger partial charge in [-0.15, -0.1) is 0 Å². The number of hydrogen-bond acceptors (Lipinski definition) is 3. The number of rotatable bonds is 4. The number of anilines is 2. The molecule has 0 amide bonds. The second-order valence-electron chi connectivity index (χ2n) is 4.93. The van der Waals surface area contributed by atoms with Gasteiger partial charge in [-0.3, -0.25) is 0 Å². The van der Waals surface area contributed by atoms with Gasteiger partial charge in [0, 0.05) is 0 Å². The normalized spacial score (nSPS) is 11.1. The molecular formula is C15H21N2S2+. The van der Waals surface area contributed by atoms with Gasteiger partial charge in [0.25, 0.3) is 5.82 Å². The lowest BCUT2D eigenvalue weighted by molar-refractivity contribution is -0.731. The summed E-state index contributed by atoms with van der Waals surface area (Å²) in [5.74, 6) is 1.22. The maximum Gasteiger partial charge on any atom is 0.294 e.